The summed E-state index contributed by atoms with van der Waals surface area (Å²) in [7, 11) is 0. The van der Waals surface area contributed by atoms with Crippen LogP contribution in [0.5, 0.6) is 17.2 Å². The van der Waals surface area contributed by atoms with Gasteiger partial charge in [0, 0.05) is 24.7 Å². The highest BCUT2D eigenvalue weighted by atomic mass is 19.4. The van der Waals surface area contributed by atoms with Crippen molar-refractivity contribution in [2.45, 2.75) is 44.6 Å². The van der Waals surface area contributed by atoms with Gasteiger partial charge in [0.25, 0.3) is 5.91 Å². The molecular weight excluding hydrogens is 625 g/mol. The number of primary amides is 1. The number of carbonyl (C=O) groups is 1. The second kappa shape index (κ2) is 15.5. The summed E-state index contributed by atoms with van der Waals surface area (Å²) in [4.78, 5) is 18.5. The Labute approximate surface area is 275 Å². The van der Waals surface area contributed by atoms with Crippen LogP contribution in [0.1, 0.15) is 34.1 Å². The smallest absolute Gasteiger partial charge is 0.434 e. The molecule has 0 aliphatic carbocycles. The number of benzene rings is 4. The van der Waals surface area contributed by atoms with E-state index in [-0.39, 0.29) is 24.5 Å². The first-order valence-corrected chi connectivity index (χ1v) is 15.2. The maximum atomic E-state index is 13.0. The van der Waals surface area contributed by atoms with Crippen LogP contribution in [0.4, 0.5) is 13.2 Å². The molecule has 5 rings (SSSR count). The minimum absolute atomic E-state index is 0.0651. The fraction of sp³-hybridized carbons (Fsp3) is 0.222. The molecule has 1 aromatic heterocycles. The molecule has 5 N–H and O–H groups in total. The molecule has 0 saturated heterocycles. The molecule has 4 aromatic carbocycles. The number of aliphatic hydroxyl groups is 1. The minimum atomic E-state index is -4.55. The molecule has 3 atom stereocenters. The van der Waals surface area contributed by atoms with Crippen molar-refractivity contribution in [1.82, 2.24) is 15.3 Å². The first kappa shape index (κ1) is 34.0. The van der Waals surface area contributed by atoms with Crippen molar-refractivity contribution >= 4 is 5.91 Å². The second-order valence-electron chi connectivity index (χ2n) is 11.1. The van der Waals surface area contributed by atoms with E-state index >= 15 is 0 Å². The third kappa shape index (κ3) is 9.36. The second-order valence-corrected chi connectivity index (χ2v) is 11.1. The summed E-state index contributed by atoms with van der Waals surface area (Å²) in [5, 5.41) is 13.7. The Balaban J connectivity index is 1.27. The van der Waals surface area contributed by atoms with Gasteiger partial charge < -0.3 is 30.0 Å². The van der Waals surface area contributed by atoms with Crippen LogP contribution in [0.25, 0.3) is 11.4 Å². The average molecular weight is 661 g/mol. The molecule has 0 aliphatic heterocycles. The molecule has 1 amide bonds. The van der Waals surface area contributed by atoms with Crippen molar-refractivity contribution in [3.8, 4) is 28.6 Å². The Morgan fingerprint density at radius 1 is 0.917 bits per heavy atom. The SMILES string of the molecule is CC(O)C(NCC(Cc1ccccc1)Oc1ccc(OCc2ccccc2)c(C(N)=O)c1)Oc1ccc(-c2nc(C(F)(F)F)c[nH]2)cc1. The van der Waals surface area contributed by atoms with Crippen molar-refractivity contribution in [1.29, 1.82) is 0 Å². The molecule has 0 spiro atoms. The van der Waals surface area contributed by atoms with E-state index in [1.165, 1.54) is 0 Å². The minimum Gasteiger partial charge on any atom is -0.489 e. The lowest BCUT2D eigenvalue weighted by Crippen LogP contribution is -2.47. The van der Waals surface area contributed by atoms with Gasteiger partial charge in [-0.25, -0.2) is 4.98 Å². The fourth-order valence-electron chi connectivity index (χ4n) is 4.87. The van der Waals surface area contributed by atoms with E-state index in [1.54, 1.807) is 49.4 Å². The van der Waals surface area contributed by atoms with Gasteiger partial charge in [0.05, 0.1) is 5.56 Å². The Kier molecular flexibility index (Phi) is 11.0. The highest BCUT2D eigenvalue weighted by Gasteiger charge is 2.33. The topological polar surface area (TPSA) is 132 Å². The zero-order chi connectivity index (χ0) is 34.1. The Morgan fingerprint density at radius 3 is 2.17 bits per heavy atom. The predicted molar refractivity (Wildman–Crippen MR) is 173 cm³/mol. The zero-order valence-electron chi connectivity index (χ0n) is 26.0. The molecule has 0 radical (unpaired) electrons. The van der Waals surface area contributed by atoms with E-state index in [9.17, 15) is 23.1 Å². The standard InChI is InChI=1S/C36H35F3N4O5/c1-23(44)35(48-27-14-12-26(13-15-27)34-41-21-32(43-34)36(37,38)39)42-20-29(18-24-8-4-2-5-9-24)47-28-16-17-31(30(19-28)33(40)45)46-22-25-10-6-3-7-11-25/h2-17,19,21,23,29,35,42,44H,18,20,22H2,1H3,(H2,40,45)(H,41,43). The molecule has 1 heterocycles. The van der Waals surface area contributed by atoms with Gasteiger partial charge in [0.1, 0.15) is 41.9 Å². The maximum Gasteiger partial charge on any atom is 0.434 e. The van der Waals surface area contributed by atoms with Crippen molar-refractivity contribution in [2.75, 3.05) is 6.54 Å². The molecule has 0 aliphatic rings. The van der Waals surface area contributed by atoms with Gasteiger partial charge >= 0.3 is 6.18 Å². The highest BCUT2D eigenvalue weighted by molar-refractivity contribution is 5.96. The summed E-state index contributed by atoms with van der Waals surface area (Å²) in [6.45, 7) is 2.05. The van der Waals surface area contributed by atoms with Crippen LogP contribution in [-0.4, -0.2) is 46.0 Å². The monoisotopic (exact) mass is 660 g/mol. The van der Waals surface area contributed by atoms with Crippen LogP contribution < -0.4 is 25.3 Å². The van der Waals surface area contributed by atoms with Crippen LogP contribution in [-0.2, 0) is 19.2 Å². The maximum absolute atomic E-state index is 13.0. The van der Waals surface area contributed by atoms with Gasteiger partial charge in [0.15, 0.2) is 11.9 Å². The van der Waals surface area contributed by atoms with Gasteiger partial charge in [-0.3, -0.25) is 10.1 Å². The van der Waals surface area contributed by atoms with E-state index in [0.717, 1.165) is 17.3 Å². The summed E-state index contributed by atoms with van der Waals surface area (Å²) in [6, 6.07) is 30.4. The summed E-state index contributed by atoms with van der Waals surface area (Å²) >= 11 is 0. The molecule has 9 nitrogen and oxygen atoms in total. The summed E-state index contributed by atoms with van der Waals surface area (Å²) in [5.41, 5.74) is 7.22. The number of alkyl halides is 3. The number of H-pyrrole nitrogens is 1. The molecule has 5 aromatic rings. The van der Waals surface area contributed by atoms with Crippen molar-refractivity contribution in [2.24, 2.45) is 5.73 Å². The lowest BCUT2D eigenvalue weighted by atomic mass is 10.1. The molecule has 12 heteroatoms. The van der Waals surface area contributed by atoms with E-state index in [0.29, 0.717) is 29.2 Å². The number of ether oxygens (including phenoxy) is 3. The number of nitrogens with zero attached hydrogens (tertiary/aromatic N) is 1. The number of aromatic nitrogens is 2. The van der Waals surface area contributed by atoms with Crippen LogP contribution in [0.3, 0.4) is 0 Å². The molecule has 0 bridgehead atoms. The number of hydrogen-bond donors (Lipinski definition) is 4. The molecule has 48 heavy (non-hydrogen) atoms. The fourth-order valence-corrected chi connectivity index (χ4v) is 4.87. The molecule has 3 unspecified atom stereocenters. The van der Waals surface area contributed by atoms with Gasteiger partial charge in [-0.1, -0.05) is 60.7 Å². The number of aliphatic hydroxyl groups excluding tert-OH is 1. The third-order valence-corrected chi connectivity index (χ3v) is 7.31. The number of carbonyl (C=O) groups excluding carboxylic acids is 1. The first-order valence-electron chi connectivity index (χ1n) is 15.2. The number of amides is 1. The highest BCUT2D eigenvalue weighted by Crippen LogP contribution is 2.30. The van der Waals surface area contributed by atoms with Gasteiger partial charge in [-0.2, -0.15) is 13.2 Å². The Hall–Kier alpha value is -5.33. The lowest BCUT2D eigenvalue weighted by Gasteiger charge is -2.27. The van der Waals surface area contributed by atoms with E-state index in [4.69, 9.17) is 19.9 Å². The van der Waals surface area contributed by atoms with Crippen molar-refractivity contribution in [3.05, 3.63) is 132 Å². The van der Waals surface area contributed by atoms with Crippen molar-refractivity contribution < 1.29 is 37.3 Å². The van der Waals surface area contributed by atoms with E-state index < -0.39 is 36.2 Å². The summed E-state index contributed by atoms with van der Waals surface area (Å²) in [6.07, 6.45) is -5.56. The number of nitrogens with one attached hydrogen (secondary N) is 2. The lowest BCUT2D eigenvalue weighted by molar-refractivity contribution is -0.140. The Morgan fingerprint density at radius 2 is 1.56 bits per heavy atom. The molecular formula is C36H35F3N4O5. The van der Waals surface area contributed by atoms with Crippen LogP contribution in [0.2, 0.25) is 0 Å². The number of imidazole rings is 1. The van der Waals surface area contributed by atoms with Gasteiger partial charge in [-0.05, 0) is 60.5 Å². The number of rotatable bonds is 15. The molecule has 250 valence electrons. The third-order valence-electron chi connectivity index (χ3n) is 7.31. The van der Waals surface area contributed by atoms with Crippen LogP contribution in [0.15, 0.2) is 109 Å². The summed E-state index contributed by atoms with van der Waals surface area (Å²) < 4.78 is 57.1. The van der Waals surface area contributed by atoms with Gasteiger partial charge in [0.2, 0.25) is 0 Å². The van der Waals surface area contributed by atoms with E-state index in [2.05, 4.69) is 15.3 Å². The number of hydrogen-bond acceptors (Lipinski definition) is 7. The average Bonchev–Trinajstić information content (AvgIpc) is 3.58. The normalized spacial score (nSPS) is 13.4. The van der Waals surface area contributed by atoms with Crippen molar-refractivity contribution in [3.63, 3.8) is 0 Å². The zero-order valence-corrected chi connectivity index (χ0v) is 26.0. The van der Waals surface area contributed by atoms with E-state index in [1.807, 2.05) is 60.7 Å². The van der Waals surface area contributed by atoms with Crippen LogP contribution in [0, 0.1) is 0 Å². The Bertz CT molecular complexity index is 1760. The van der Waals surface area contributed by atoms with Gasteiger partial charge in [-0.15, -0.1) is 0 Å². The number of aromatic amines is 1. The molecule has 0 fully saturated rings. The summed E-state index contributed by atoms with van der Waals surface area (Å²) in [5.74, 6) is 0.503. The number of halogens is 3. The van der Waals surface area contributed by atoms with Crippen LogP contribution >= 0.6 is 0 Å². The first-order chi connectivity index (χ1) is 23.0. The quantitative estimate of drug-likeness (QED) is 0.0993. The molecule has 0 saturated carbocycles. The predicted octanol–water partition coefficient (Wildman–Crippen LogP) is 6.14. The number of nitrogens with two attached hydrogens (primary N) is 1. The largest absolute Gasteiger partial charge is 0.489 e.